The largest absolute Gasteiger partial charge is 0.389 e. The smallest absolute Gasteiger partial charge is 0.225 e. The van der Waals surface area contributed by atoms with Crippen molar-refractivity contribution in [3.8, 4) is 0 Å². The van der Waals surface area contributed by atoms with Crippen molar-refractivity contribution in [2.75, 3.05) is 13.2 Å². The lowest BCUT2D eigenvalue weighted by atomic mass is 9.94. The van der Waals surface area contributed by atoms with Crippen molar-refractivity contribution in [1.29, 1.82) is 0 Å². The van der Waals surface area contributed by atoms with Crippen LogP contribution in [0.1, 0.15) is 71.6 Å². The molecule has 0 spiro atoms. The summed E-state index contributed by atoms with van der Waals surface area (Å²) in [5.41, 5.74) is -0.729. The molecule has 1 aliphatic carbocycles. The summed E-state index contributed by atoms with van der Waals surface area (Å²) < 4.78 is 5.64. The number of nitrogens with zero attached hydrogens (tertiary/aromatic N) is 1. The van der Waals surface area contributed by atoms with Gasteiger partial charge in [0.1, 0.15) is 0 Å². The minimum atomic E-state index is -0.729. The molecule has 0 aromatic rings. The van der Waals surface area contributed by atoms with Gasteiger partial charge in [-0.05, 0) is 52.4 Å². The molecule has 1 unspecified atom stereocenters. The maximum Gasteiger partial charge on any atom is 0.225 e. The van der Waals surface area contributed by atoms with Crippen molar-refractivity contribution >= 4 is 5.91 Å². The molecule has 2 aliphatic rings. The molecule has 2 rings (SSSR count). The number of rotatable bonds is 6. The van der Waals surface area contributed by atoms with E-state index in [4.69, 9.17) is 4.74 Å². The third-order valence-corrected chi connectivity index (χ3v) is 4.86. The van der Waals surface area contributed by atoms with Crippen molar-refractivity contribution in [1.82, 2.24) is 4.90 Å². The first kappa shape index (κ1) is 16.8. The fourth-order valence-corrected chi connectivity index (χ4v) is 3.66. The summed E-state index contributed by atoms with van der Waals surface area (Å²) in [6, 6.07) is 0.301. The fraction of sp³-hybridized carbons (Fsp3) is 0.941. The predicted molar refractivity (Wildman–Crippen MR) is 83.1 cm³/mol. The van der Waals surface area contributed by atoms with Crippen molar-refractivity contribution in [3.05, 3.63) is 0 Å². The minimum Gasteiger partial charge on any atom is -0.389 e. The maximum atomic E-state index is 12.6. The highest BCUT2D eigenvalue weighted by atomic mass is 16.5. The lowest BCUT2D eigenvalue weighted by Crippen LogP contribution is -2.47. The van der Waals surface area contributed by atoms with Gasteiger partial charge in [0.05, 0.1) is 18.1 Å². The number of hydrogen-bond acceptors (Lipinski definition) is 3. The van der Waals surface area contributed by atoms with E-state index in [1.165, 1.54) is 6.42 Å². The third-order valence-electron chi connectivity index (χ3n) is 4.86. The summed E-state index contributed by atoms with van der Waals surface area (Å²) in [6.45, 7) is 5.65. The summed E-state index contributed by atoms with van der Waals surface area (Å²) in [4.78, 5) is 14.6. The van der Waals surface area contributed by atoms with E-state index in [9.17, 15) is 9.90 Å². The van der Waals surface area contributed by atoms with Crippen molar-refractivity contribution in [2.24, 2.45) is 0 Å². The van der Waals surface area contributed by atoms with Crippen LogP contribution < -0.4 is 0 Å². The van der Waals surface area contributed by atoms with E-state index in [0.717, 1.165) is 58.1 Å². The molecule has 1 saturated carbocycles. The van der Waals surface area contributed by atoms with Gasteiger partial charge in [0.15, 0.2) is 0 Å². The van der Waals surface area contributed by atoms with Crippen LogP contribution in [0.3, 0.4) is 0 Å². The van der Waals surface area contributed by atoms with Crippen molar-refractivity contribution in [2.45, 2.75) is 89.4 Å². The Kier molecular flexibility index (Phi) is 6.06. The summed E-state index contributed by atoms with van der Waals surface area (Å²) in [5.74, 6) is 0.147. The number of amides is 1. The van der Waals surface area contributed by atoms with Gasteiger partial charge in [-0.1, -0.05) is 12.8 Å². The number of ether oxygens (including phenoxy) is 1. The zero-order chi connectivity index (χ0) is 15.3. The number of aliphatic hydroxyl groups is 1. The van der Waals surface area contributed by atoms with Crippen LogP contribution in [-0.4, -0.2) is 46.8 Å². The van der Waals surface area contributed by atoms with E-state index in [-0.39, 0.29) is 12.0 Å². The highest BCUT2D eigenvalue weighted by molar-refractivity contribution is 5.77. The van der Waals surface area contributed by atoms with E-state index < -0.39 is 5.60 Å². The molecule has 0 aromatic carbocycles. The second-order valence-electron chi connectivity index (χ2n) is 7.05. The Labute approximate surface area is 128 Å². The van der Waals surface area contributed by atoms with Gasteiger partial charge in [0, 0.05) is 19.2 Å². The van der Waals surface area contributed by atoms with Crippen LogP contribution in [-0.2, 0) is 9.53 Å². The Morgan fingerprint density at radius 3 is 2.67 bits per heavy atom. The molecular formula is C17H31NO3. The monoisotopic (exact) mass is 297 g/mol. The Balaban J connectivity index is 1.86. The summed E-state index contributed by atoms with van der Waals surface area (Å²) in [7, 11) is 0. The van der Waals surface area contributed by atoms with Gasteiger partial charge in [-0.15, -0.1) is 0 Å². The van der Waals surface area contributed by atoms with Crippen LogP contribution in [0, 0.1) is 0 Å². The summed E-state index contributed by atoms with van der Waals surface area (Å²) in [5, 5.41) is 10.5. The van der Waals surface area contributed by atoms with E-state index in [0.29, 0.717) is 12.5 Å². The highest BCUT2D eigenvalue weighted by Gasteiger charge is 2.36. The molecule has 1 amide bonds. The predicted octanol–water partition coefficient (Wildman–Crippen LogP) is 2.88. The van der Waals surface area contributed by atoms with Gasteiger partial charge < -0.3 is 14.7 Å². The minimum absolute atomic E-state index is 0.147. The van der Waals surface area contributed by atoms with Crippen LogP contribution in [0.5, 0.6) is 0 Å². The molecule has 1 N–H and O–H groups in total. The molecule has 2 fully saturated rings. The second-order valence-corrected chi connectivity index (χ2v) is 7.05. The Morgan fingerprint density at radius 1 is 1.29 bits per heavy atom. The first-order valence-electron chi connectivity index (χ1n) is 8.64. The molecule has 0 radical (unpaired) electrons. The molecule has 21 heavy (non-hydrogen) atoms. The molecular weight excluding hydrogens is 266 g/mol. The first-order valence-corrected chi connectivity index (χ1v) is 8.64. The molecule has 4 heteroatoms. The van der Waals surface area contributed by atoms with Gasteiger partial charge in [-0.25, -0.2) is 0 Å². The SMILES string of the molecule is CC(C)OCCC1CCCCN1C(=O)CC1(O)CCCC1. The first-order chi connectivity index (χ1) is 10.0. The lowest BCUT2D eigenvalue weighted by Gasteiger charge is -2.37. The molecule has 0 aromatic heterocycles. The molecule has 122 valence electrons. The average Bonchev–Trinajstić information content (AvgIpc) is 2.85. The topological polar surface area (TPSA) is 49.8 Å². The number of piperidine rings is 1. The summed E-state index contributed by atoms with van der Waals surface area (Å²) >= 11 is 0. The van der Waals surface area contributed by atoms with Crippen molar-refractivity contribution < 1.29 is 14.6 Å². The zero-order valence-electron chi connectivity index (χ0n) is 13.6. The van der Waals surface area contributed by atoms with Crippen LogP contribution in [0.4, 0.5) is 0 Å². The molecule has 1 aliphatic heterocycles. The summed E-state index contributed by atoms with van der Waals surface area (Å²) in [6.07, 6.45) is 8.51. The third kappa shape index (κ3) is 4.96. The zero-order valence-corrected chi connectivity index (χ0v) is 13.6. The number of hydrogen-bond donors (Lipinski definition) is 1. The van der Waals surface area contributed by atoms with Gasteiger partial charge in [-0.3, -0.25) is 4.79 Å². The van der Waals surface area contributed by atoms with Crippen molar-refractivity contribution in [3.63, 3.8) is 0 Å². The Hall–Kier alpha value is -0.610. The Morgan fingerprint density at radius 2 is 2.00 bits per heavy atom. The van der Waals surface area contributed by atoms with Gasteiger partial charge in [-0.2, -0.15) is 0 Å². The number of carbonyl (C=O) groups is 1. The molecule has 1 atom stereocenters. The quantitative estimate of drug-likeness (QED) is 0.820. The molecule has 4 nitrogen and oxygen atoms in total. The molecule has 0 bridgehead atoms. The maximum absolute atomic E-state index is 12.6. The number of likely N-dealkylation sites (tertiary alicyclic amines) is 1. The highest BCUT2D eigenvalue weighted by Crippen LogP contribution is 2.33. The van der Waals surface area contributed by atoms with Crippen LogP contribution in [0.2, 0.25) is 0 Å². The second kappa shape index (κ2) is 7.59. The average molecular weight is 297 g/mol. The van der Waals surface area contributed by atoms with E-state index >= 15 is 0 Å². The van der Waals surface area contributed by atoms with E-state index in [1.807, 2.05) is 18.7 Å². The van der Waals surface area contributed by atoms with E-state index in [2.05, 4.69) is 0 Å². The van der Waals surface area contributed by atoms with E-state index in [1.54, 1.807) is 0 Å². The van der Waals surface area contributed by atoms with Crippen LogP contribution >= 0.6 is 0 Å². The number of carbonyl (C=O) groups excluding carboxylic acids is 1. The lowest BCUT2D eigenvalue weighted by molar-refractivity contribution is -0.140. The fourth-order valence-electron chi connectivity index (χ4n) is 3.66. The van der Waals surface area contributed by atoms with Gasteiger partial charge in [0.2, 0.25) is 5.91 Å². The van der Waals surface area contributed by atoms with Crippen LogP contribution in [0.25, 0.3) is 0 Å². The van der Waals surface area contributed by atoms with Gasteiger partial charge >= 0.3 is 0 Å². The Bertz CT molecular complexity index is 337. The van der Waals surface area contributed by atoms with Gasteiger partial charge in [0.25, 0.3) is 0 Å². The molecule has 1 saturated heterocycles. The normalized spacial score (nSPS) is 25.5. The van der Waals surface area contributed by atoms with Crippen LogP contribution in [0.15, 0.2) is 0 Å². The molecule has 1 heterocycles. The standard InChI is InChI=1S/C17H31NO3/c1-14(2)21-12-8-15-7-3-6-11-18(15)16(19)13-17(20)9-4-5-10-17/h14-15,20H,3-13H2,1-2H3.